The summed E-state index contributed by atoms with van der Waals surface area (Å²) in [6.45, 7) is 1.83. The molecule has 0 fully saturated rings. The van der Waals surface area contributed by atoms with Gasteiger partial charge in [-0.3, -0.25) is 0 Å². The number of carbonyl (C=O) groups is 1. The maximum atomic E-state index is 11.8. The fourth-order valence-corrected chi connectivity index (χ4v) is 2.10. The molecule has 5 nitrogen and oxygen atoms in total. The van der Waals surface area contributed by atoms with Gasteiger partial charge in [0.2, 0.25) is 0 Å². The summed E-state index contributed by atoms with van der Waals surface area (Å²) in [7, 11) is 1.35. The van der Waals surface area contributed by atoms with Crippen molar-refractivity contribution in [1.29, 1.82) is 0 Å². The third kappa shape index (κ3) is 2.03. The Labute approximate surface area is 115 Å². The minimum absolute atomic E-state index is 0.372. The molecule has 2 heterocycles. The Hall–Kier alpha value is -2.69. The number of hydrogen-bond acceptors (Lipinski definition) is 4. The molecule has 0 unspecified atom stereocenters. The van der Waals surface area contributed by atoms with E-state index in [1.165, 1.54) is 11.6 Å². The van der Waals surface area contributed by atoms with Crippen LogP contribution in [0.2, 0.25) is 0 Å². The molecule has 0 radical (unpaired) electrons. The van der Waals surface area contributed by atoms with Crippen molar-refractivity contribution in [2.24, 2.45) is 0 Å². The SMILES string of the molecule is COC(=O)c1cc(C)nc2cc(-c3ccccc3)nn12. The van der Waals surface area contributed by atoms with Crippen LogP contribution in [-0.4, -0.2) is 27.7 Å². The highest BCUT2D eigenvalue weighted by Gasteiger charge is 2.15. The molecule has 0 saturated heterocycles. The zero-order chi connectivity index (χ0) is 14.1. The van der Waals surface area contributed by atoms with Gasteiger partial charge in [0, 0.05) is 17.3 Å². The lowest BCUT2D eigenvalue weighted by atomic mass is 10.2. The van der Waals surface area contributed by atoms with E-state index in [4.69, 9.17) is 4.74 Å². The molecule has 3 aromatic rings. The number of nitrogens with zero attached hydrogens (tertiary/aromatic N) is 3. The van der Waals surface area contributed by atoms with Crippen LogP contribution in [0.3, 0.4) is 0 Å². The van der Waals surface area contributed by atoms with Gasteiger partial charge in [-0.2, -0.15) is 5.10 Å². The molecular formula is C15H13N3O2. The van der Waals surface area contributed by atoms with E-state index >= 15 is 0 Å². The van der Waals surface area contributed by atoms with Gasteiger partial charge in [0.25, 0.3) is 0 Å². The van der Waals surface area contributed by atoms with Gasteiger partial charge in [0.1, 0.15) is 0 Å². The maximum absolute atomic E-state index is 11.8. The predicted molar refractivity (Wildman–Crippen MR) is 74.5 cm³/mol. The Morgan fingerprint density at radius 3 is 2.65 bits per heavy atom. The van der Waals surface area contributed by atoms with Gasteiger partial charge in [-0.05, 0) is 13.0 Å². The molecule has 0 N–H and O–H groups in total. The van der Waals surface area contributed by atoms with Crippen molar-refractivity contribution < 1.29 is 9.53 Å². The lowest BCUT2D eigenvalue weighted by molar-refractivity contribution is 0.0590. The number of methoxy groups -OCH3 is 1. The van der Waals surface area contributed by atoms with E-state index in [9.17, 15) is 4.79 Å². The Morgan fingerprint density at radius 2 is 1.95 bits per heavy atom. The van der Waals surface area contributed by atoms with Crippen LogP contribution in [0.1, 0.15) is 16.2 Å². The van der Waals surface area contributed by atoms with E-state index in [0.29, 0.717) is 11.3 Å². The summed E-state index contributed by atoms with van der Waals surface area (Å²) in [5, 5.41) is 4.45. The standard InChI is InChI=1S/C15H13N3O2/c1-10-8-13(15(19)20-2)18-14(16-10)9-12(17-18)11-6-4-3-5-7-11/h3-9H,1-2H3. The molecule has 100 valence electrons. The van der Waals surface area contributed by atoms with Crippen LogP contribution in [0, 0.1) is 6.92 Å². The van der Waals surface area contributed by atoms with E-state index < -0.39 is 5.97 Å². The van der Waals surface area contributed by atoms with Gasteiger partial charge in [0.15, 0.2) is 11.3 Å². The smallest absolute Gasteiger partial charge is 0.356 e. The number of hydrogen-bond donors (Lipinski definition) is 0. The Morgan fingerprint density at radius 1 is 1.20 bits per heavy atom. The monoisotopic (exact) mass is 267 g/mol. The van der Waals surface area contributed by atoms with Crippen LogP contribution in [0.15, 0.2) is 42.5 Å². The fourth-order valence-electron chi connectivity index (χ4n) is 2.10. The highest BCUT2D eigenvalue weighted by molar-refractivity contribution is 5.88. The summed E-state index contributed by atoms with van der Waals surface area (Å²) >= 11 is 0. The van der Waals surface area contributed by atoms with Crippen molar-refractivity contribution in [3.05, 3.63) is 53.9 Å². The van der Waals surface area contributed by atoms with Gasteiger partial charge < -0.3 is 4.74 Å². The second-order valence-electron chi connectivity index (χ2n) is 4.44. The Bertz CT molecular complexity index is 778. The highest BCUT2D eigenvalue weighted by atomic mass is 16.5. The normalized spacial score (nSPS) is 10.7. The number of ether oxygens (including phenoxy) is 1. The van der Waals surface area contributed by atoms with Crippen LogP contribution in [0.5, 0.6) is 0 Å². The third-order valence-corrected chi connectivity index (χ3v) is 3.02. The molecule has 0 aliphatic heterocycles. The first-order valence-corrected chi connectivity index (χ1v) is 6.20. The molecule has 0 aliphatic rings. The Balaban J connectivity index is 2.23. The number of esters is 1. The van der Waals surface area contributed by atoms with Gasteiger partial charge in [-0.15, -0.1) is 0 Å². The molecular weight excluding hydrogens is 254 g/mol. The van der Waals surface area contributed by atoms with Crippen LogP contribution in [0.4, 0.5) is 0 Å². The first-order valence-electron chi connectivity index (χ1n) is 6.20. The zero-order valence-electron chi connectivity index (χ0n) is 11.2. The molecule has 0 saturated carbocycles. The van der Waals surface area contributed by atoms with Gasteiger partial charge in [-0.1, -0.05) is 30.3 Å². The van der Waals surface area contributed by atoms with Gasteiger partial charge in [0.05, 0.1) is 12.8 Å². The fraction of sp³-hybridized carbons (Fsp3) is 0.133. The molecule has 0 spiro atoms. The predicted octanol–water partition coefficient (Wildman–Crippen LogP) is 2.49. The molecule has 1 aromatic carbocycles. The van der Waals surface area contributed by atoms with Gasteiger partial charge >= 0.3 is 5.97 Å². The van der Waals surface area contributed by atoms with Crippen LogP contribution in [0.25, 0.3) is 16.9 Å². The number of fused-ring (bicyclic) bond motifs is 1. The third-order valence-electron chi connectivity index (χ3n) is 3.02. The number of carbonyl (C=O) groups excluding carboxylic acids is 1. The van der Waals surface area contributed by atoms with Crippen LogP contribution in [-0.2, 0) is 4.74 Å². The minimum Gasteiger partial charge on any atom is -0.464 e. The average molecular weight is 267 g/mol. The first-order chi connectivity index (χ1) is 9.69. The number of aromatic nitrogens is 3. The van der Waals surface area contributed by atoms with E-state index in [0.717, 1.165) is 17.0 Å². The lowest BCUT2D eigenvalue weighted by Gasteiger charge is -2.03. The summed E-state index contributed by atoms with van der Waals surface area (Å²) in [4.78, 5) is 16.2. The van der Waals surface area contributed by atoms with Crippen molar-refractivity contribution in [1.82, 2.24) is 14.6 Å². The van der Waals surface area contributed by atoms with Crippen molar-refractivity contribution in [2.45, 2.75) is 6.92 Å². The summed E-state index contributed by atoms with van der Waals surface area (Å²) in [5.41, 5.74) is 3.50. The maximum Gasteiger partial charge on any atom is 0.356 e. The number of benzene rings is 1. The van der Waals surface area contributed by atoms with Crippen LogP contribution >= 0.6 is 0 Å². The minimum atomic E-state index is -0.428. The topological polar surface area (TPSA) is 56.5 Å². The van der Waals surface area contributed by atoms with Crippen molar-refractivity contribution in [3.8, 4) is 11.3 Å². The molecule has 20 heavy (non-hydrogen) atoms. The molecule has 0 bridgehead atoms. The lowest BCUT2D eigenvalue weighted by Crippen LogP contribution is -2.10. The molecule has 0 atom stereocenters. The largest absolute Gasteiger partial charge is 0.464 e. The number of rotatable bonds is 2. The van der Waals surface area contributed by atoms with Crippen molar-refractivity contribution in [2.75, 3.05) is 7.11 Å². The van der Waals surface area contributed by atoms with E-state index in [1.54, 1.807) is 6.07 Å². The molecule has 3 rings (SSSR count). The van der Waals surface area contributed by atoms with E-state index in [2.05, 4.69) is 10.1 Å². The number of aryl methyl sites for hydroxylation is 1. The summed E-state index contributed by atoms with van der Waals surface area (Å²) in [6.07, 6.45) is 0. The van der Waals surface area contributed by atoms with Gasteiger partial charge in [-0.25, -0.2) is 14.3 Å². The van der Waals surface area contributed by atoms with E-state index in [-0.39, 0.29) is 0 Å². The molecule has 2 aromatic heterocycles. The summed E-state index contributed by atoms with van der Waals surface area (Å²) in [5.74, 6) is -0.428. The molecule has 5 heteroatoms. The Kier molecular flexibility index (Phi) is 2.95. The second kappa shape index (κ2) is 4.77. The van der Waals surface area contributed by atoms with Crippen LogP contribution < -0.4 is 0 Å². The quantitative estimate of drug-likeness (QED) is 0.669. The highest BCUT2D eigenvalue weighted by Crippen LogP contribution is 2.20. The first kappa shape index (κ1) is 12.3. The average Bonchev–Trinajstić information content (AvgIpc) is 2.90. The van der Waals surface area contributed by atoms with Crippen molar-refractivity contribution >= 4 is 11.6 Å². The zero-order valence-corrected chi connectivity index (χ0v) is 11.2. The molecule has 0 aliphatic carbocycles. The van der Waals surface area contributed by atoms with Crippen molar-refractivity contribution in [3.63, 3.8) is 0 Å². The second-order valence-corrected chi connectivity index (χ2v) is 4.44. The summed E-state index contributed by atoms with van der Waals surface area (Å²) in [6, 6.07) is 13.3. The molecule has 0 amide bonds. The van der Waals surface area contributed by atoms with E-state index in [1.807, 2.05) is 43.3 Å². The summed E-state index contributed by atoms with van der Waals surface area (Å²) < 4.78 is 6.30.